The topological polar surface area (TPSA) is 20.2 Å². The average Bonchev–Trinajstić information content (AvgIpc) is 2.17. The van der Waals surface area contributed by atoms with E-state index in [4.69, 9.17) is 5.11 Å². The molecule has 1 aromatic carbocycles. The maximum atomic E-state index is 12.1. The van der Waals surface area contributed by atoms with E-state index in [2.05, 4.69) is 0 Å². The molecule has 0 amide bonds. The van der Waals surface area contributed by atoms with Crippen molar-refractivity contribution in [2.24, 2.45) is 0 Å². The van der Waals surface area contributed by atoms with Crippen LogP contribution in [0.1, 0.15) is 11.7 Å². The highest BCUT2D eigenvalue weighted by atomic mass is 32.2. The molecule has 0 saturated carbocycles. The Labute approximate surface area is 75.6 Å². The molecule has 1 N–H and O–H groups in total. The Morgan fingerprint density at radius 3 is 2.92 bits per heavy atom. The summed E-state index contributed by atoms with van der Waals surface area (Å²) in [5, 5.41) is 9.16. The standard InChI is InChI=1S/C9H11FOS/c1-12-8-4-2-3-7(5-8)9(11)6-10/h2-5,9,11H,6H2,1H3. The number of halogens is 1. The monoisotopic (exact) mass is 186 g/mol. The molecule has 0 heterocycles. The molecule has 1 nitrogen and oxygen atoms in total. The minimum absolute atomic E-state index is 0.643. The molecule has 0 radical (unpaired) electrons. The first kappa shape index (κ1) is 9.55. The van der Waals surface area contributed by atoms with Crippen molar-refractivity contribution in [2.75, 3.05) is 12.9 Å². The van der Waals surface area contributed by atoms with Gasteiger partial charge in [0.2, 0.25) is 0 Å². The van der Waals surface area contributed by atoms with Gasteiger partial charge in [0.05, 0.1) is 0 Å². The molecule has 66 valence electrons. The van der Waals surface area contributed by atoms with E-state index >= 15 is 0 Å². The Morgan fingerprint density at radius 1 is 1.58 bits per heavy atom. The molecule has 1 aromatic rings. The summed E-state index contributed by atoms with van der Waals surface area (Å²) in [5.41, 5.74) is 0.643. The molecule has 0 aliphatic carbocycles. The van der Waals surface area contributed by atoms with Crippen LogP contribution < -0.4 is 0 Å². The van der Waals surface area contributed by atoms with Gasteiger partial charge in [0.25, 0.3) is 0 Å². The smallest absolute Gasteiger partial charge is 0.119 e. The number of alkyl halides is 1. The van der Waals surface area contributed by atoms with Crippen molar-refractivity contribution in [1.29, 1.82) is 0 Å². The molecule has 0 spiro atoms. The Hall–Kier alpha value is -0.540. The Morgan fingerprint density at radius 2 is 2.33 bits per heavy atom. The van der Waals surface area contributed by atoms with Crippen LogP contribution in [0, 0.1) is 0 Å². The molecule has 1 unspecified atom stereocenters. The number of aliphatic hydroxyl groups excluding tert-OH is 1. The fourth-order valence-electron chi connectivity index (χ4n) is 0.938. The second kappa shape index (κ2) is 4.48. The average molecular weight is 186 g/mol. The summed E-state index contributed by atoms with van der Waals surface area (Å²) in [6.07, 6.45) is 0.970. The minimum atomic E-state index is -0.975. The summed E-state index contributed by atoms with van der Waals surface area (Å²) < 4.78 is 12.1. The fraction of sp³-hybridized carbons (Fsp3) is 0.333. The first-order valence-corrected chi connectivity index (χ1v) is 4.88. The SMILES string of the molecule is CSc1cccc(C(O)CF)c1. The third-order valence-corrected chi connectivity index (χ3v) is 2.35. The van der Waals surface area contributed by atoms with Crippen molar-refractivity contribution in [3.8, 4) is 0 Å². The Balaban J connectivity index is 2.86. The van der Waals surface area contributed by atoms with E-state index < -0.39 is 12.8 Å². The highest BCUT2D eigenvalue weighted by Crippen LogP contribution is 2.20. The predicted octanol–water partition coefficient (Wildman–Crippen LogP) is 2.41. The minimum Gasteiger partial charge on any atom is -0.386 e. The first-order valence-electron chi connectivity index (χ1n) is 3.66. The second-order valence-corrected chi connectivity index (χ2v) is 3.33. The van der Waals surface area contributed by atoms with Crippen LogP contribution >= 0.6 is 11.8 Å². The van der Waals surface area contributed by atoms with Crippen LogP contribution in [0.4, 0.5) is 4.39 Å². The third-order valence-electron chi connectivity index (χ3n) is 1.62. The van der Waals surface area contributed by atoms with Crippen molar-refractivity contribution < 1.29 is 9.50 Å². The summed E-state index contributed by atoms with van der Waals surface area (Å²) in [6.45, 7) is -0.724. The molecular formula is C9H11FOS. The van der Waals surface area contributed by atoms with Gasteiger partial charge in [-0.2, -0.15) is 0 Å². The van der Waals surface area contributed by atoms with Crippen LogP contribution in [-0.4, -0.2) is 18.0 Å². The molecule has 0 aromatic heterocycles. The zero-order chi connectivity index (χ0) is 8.97. The number of aliphatic hydroxyl groups is 1. The molecule has 0 bridgehead atoms. The van der Waals surface area contributed by atoms with E-state index in [9.17, 15) is 4.39 Å². The molecule has 0 fully saturated rings. The van der Waals surface area contributed by atoms with Gasteiger partial charge in [0.1, 0.15) is 12.8 Å². The summed E-state index contributed by atoms with van der Waals surface area (Å²) in [4.78, 5) is 1.04. The van der Waals surface area contributed by atoms with E-state index in [0.29, 0.717) is 5.56 Å². The number of hydrogen-bond acceptors (Lipinski definition) is 2. The molecule has 12 heavy (non-hydrogen) atoms. The summed E-state index contributed by atoms with van der Waals surface area (Å²) in [5.74, 6) is 0. The summed E-state index contributed by atoms with van der Waals surface area (Å²) in [6, 6.07) is 7.28. The van der Waals surface area contributed by atoms with E-state index in [0.717, 1.165) is 4.90 Å². The van der Waals surface area contributed by atoms with E-state index in [1.54, 1.807) is 23.9 Å². The van der Waals surface area contributed by atoms with E-state index in [-0.39, 0.29) is 0 Å². The zero-order valence-electron chi connectivity index (χ0n) is 6.83. The summed E-state index contributed by atoms with van der Waals surface area (Å²) in [7, 11) is 0. The molecule has 3 heteroatoms. The highest BCUT2D eigenvalue weighted by Gasteiger charge is 2.06. The van der Waals surface area contributed by atoms with Crippen molar-refractivity contribution in [1.82, 2.24) is 0 Å². The quantitative estimate of drug-likeness (QED) is 0.731. The number of benzene rings is 1. The highest BCUT2D eigenvalue weighted by molar-refractivity contribution is 7.98. The molecule has 0 aliphatic heterocycles. The van der Waals surface area contributed by atoms with Gasteiger partial charge in [0, 0.05) is 4.90 Å². The van der Waals surface area contributed by atoms with Gasteiger partial charge in [-0.05, 0) is 24.0 Å². The maximum absolute atomic E-state index is 12.1. The lowest BCUT2D eigenvalue weighted by atomic mass is 10.1. The van der Waals surface area contributed by atoms with E-state index in [1.165, 1.54) is 0 Å². The lowest BCUT2D eigenvalue weighted by molar-refractivity contribution is 0.141. The van der Waals surface area contributed by atoms with Crippen LogP contribution in [0.25, 0.3) is 0 Å². The number of rotatable bonds is 3. The van der Waals surface area contributed by atoms with E-state index in [1.807, 2.05) is 18.4 Å². The van der Waals surface area contributed by atoms with Crippen LogP contribution in [0.2, 0.25) is 0 Å². The third kappa shape index (κ3) is 2.22. The van der Waals surface area contributed by atoms with Crippen molar-refractivity contribution >= 4 is 11.8 Å². The fourth-order valence-corrected chi connectivity index (χ4v) is 1.41. The second-order valence-electron chi connectivity index (χ2n) is 2.45. The first-order chi connectivity index (χ1) is 5.77. The van der Waals surface area contributed by atoms with Gasteiger partial charge in [-0.25, -0.2) is 4.39 Å². The van der Waals surface area contributed by atoms with Crippen molar-refractivity contribution in [3.05, 3.63) is 29.8 Å². The van der Waals surface area contributed by atoms with Crippen LogP contribution in [-0.2, 0) is 0 Å². The molecule has 0 saturated heterocycles. The molecule has 0 aliphatic rings. The number of hydrogen-bond donors (Lipinski definition) is 1. The largest absolute Gasteiger partial charge is 0.386 e. The molecule has 1 atom stereocenters. The van der Waals surface area contributed by atoms with Crippen molar-refractivity contribution in [2.45, 2.75) is 11.0 Å². The lowest BCUT2D eigenvalue weighted by Gasteiger charge is -2.06. The van der Waals surface area contributed by atoms with Crippen molar-refractivity contribution in [3.63, 3.8) is 0 Å². The predicted molar refractivity (Wildman–Crippen MR) is 49.2 cm³/mol. The Kier molecular flexibility index (Phi) is 3.56. The zero-order valence-corrected chi connectivity index (χ0v) is 7.64. The normalized spacial score (nSPS) is 12.9. The maximum Gasteiger partial charge on any atom is 0.119 e. The van der Waals surface area contributed by atoms with Gasteiger partial charge in [-0.3, -0.25) is 0 Å². The Bertz CT molecular complexity index is 252. The molecule has 1 rings (SSSR count). The number of thioether (sulfide) groups is 1. The van der Waals surface area contributed by atoms with Crippen LogP contribution in [0.3, 0.4) is 0 Å². The van der Waals surface area contributed by atoms with Gasteiger partial charge < -0.3 is 5.11 Å². The van der Waals surface area contributed by atoms with Crippen LogP contribution in [0.5, 0.6) is 0 Å². The van der Waals surface area contributed by atoms with Crippen LogP contribution in [0.15, 0.2) is 29.2 Å². The van der Waals surface area contributed by atoms with Gasteiger partial charge >= 0.3 is 0 Å². The van der Waals surface area contributed by atoms with Gasteiger partial charge in [-0.1, -0.05) is 12.1 Å². The van der Waals surface area contributed by atoms with Gasteiger partial charge in [-0.15, -0.1) is 11.8 Å². The summed E-state index contributed by atoms with van der Waals surface area (Å²) >= 11 is 1.58. The van der Waals surface area contributed by atoms with Gasteiger partial charge in [0.15, 0.2) is 0 Å². The lowest BCUT2D eigenvalue weighted by Crippen LogP contribution is -1.98. The molecular weight excluding hydrogens is 175 g/mol.